The SMILES string of the molecule is CCOc1c(Br)cc(Br)cc1CNCCCSc1nnnn1-c1ccccc1. The molecular weight excluding hydrogens is 506 g/mol. The highest BCUT2D eigenvalue weighted by atomic mass is 79.9. The van der Waals surface area contributed by atoms with Crippen LogP contribution in [-0.4, -0.2) is 39.1 Å². The van der Waals surface area contributed by atoms with E-state index in [0.29, 0.717) is 6.61 Å². The Balaban J connectivity index is 1.46. The zero-order valence-electron chi connectivity index (χ0n) is 15.4. The Morgan fingerprint density at radius 1 is 1.18 bits per heavy atom. The first-order valence-corrected chi connectivity index (χ1v) is 11.5. The fraction of sp³-hybridized carbons (Fsp3) is 0.316. The molecule has 0 spiro atoms. The molecule has 1 aromatic heterocycles. The number of ether oxygens (including phenoxy) is 1. The number of halogens is 2. The maximum absolute atomic E-state index is 5.77. The highest BCUT2D eigenvalue weighted by molar-refractivity contribution is 9.11. The lowest BCUT2D eigenvalue weighted by atomic mass is 10.2. The van der Waals surface area contributed by atoms with Crippen molar-refractivity contribution in [2.45, 2.75) is 25.0 Å². The van der Waals surface area contributed by atoms with E-state index in [0.717, 1.165) is 56.4 Å². The van der Waals surface area contributed by atoms with Gasteiger partial charge in [-0.1, -0.05) is 45.9 Å². The van der Waals surface area contributed by atoms with Crippen LogP contribution in [0.5, 0.6) is 5.75 Å². The first kappa shape index (κ1) is 21.3. The lowest BCUT2D eigenvalue weighted by Gasteiger charge is -2.13. The molecule has 6 nitrogen and oxygen atoms in total. The van der Waals surface area contributed by atoms with Crippen LogP contribution in [0, 0.1) is 0 Å². The molecule has 0 bridgehead atoms. The quantitative estimate of drug-likeness (QED) is 0.300. The minimum absolute atomic E-state index is 0.639. The molecular formula is C19H21Br2N5OS. The average molecular weight is 527 g/mol. The van der Waals surface area contributed by atoms with Gasteiger partial charge in [-0.3, -0.25) is 0 Å². The van der Waals surface area contributed by atoms with E-state index in [4.69, 9.17) is 4.74 Å². The summed E-state index contributed by atoms with van der Waals surface area (Å²) >= 11 is 8.77. The van der Waals surface area contributed by atoms with E-state index in [9.17, 15) is 0 Å². The van der Waals surface area contributed by atoms with Crippen molar-refractivity contribution >= 4 is 43.6 Å². The molecule has 0 unspecified atom stereocenters. The molecule has 1 heterocycles. The van der Waals surface area contributed by atoms with Crippen molar-refractivity contribution in [1.29, 1.82) is 0 Å². The first-order chi connectivity index (χ1) is 13.7. The molecule has 3 aromatic rings. The lowest BCUT2D eigenvalue weighted by molar-refractivity contribution is 0.333. The van der Waals surface area contributed by atoms with Gasteiger partial charge in [0.25, 0.3) is 0 Å². The van der Waals surface area contributed by atoms with Gasteiger partial charge in [0, 0.05) is 22.3 Å². The Morgan fingerprint density at radius 2 is 2.00 bits per heavy atom. The summed E-state index contributed by atoms with van der Waals surface area (Å²) in [6, 6.07) is 14.0. The van der Waals surface area contributed by atoms with Gasteiger partial charge in [0.05, 0.1) is 16.8 Å². The number of nitrogens with zero attached hydrogens (tertiary/aromatic N) is 4. The Labute approximate surface area is 185 Å². The third-order valence-electron chi connectivity index (χ3n) is 3.86. The summed E-state index contributed by atoms with van der Waals surface area (Å²) in [5.41, 5.74) is 2.10. The Bertz CT molecular complexity index is 891. The second-order valence-corrected chi connectivity index (χ2v) is 8.73. The first-order valence-electron chi connectivity index (χ1n) is 8.97. The van der Waals surface area contributed by atoms with Crippen molar-refractivity contribution in [3.63, 3.8) is 0 Å². The number of rotatable bonds is 10. The fourth-order valence-electron chi connectivity index (χ4n) is 2.63. The Hall–Kier alpha value is -1.42. The second-order valence-electron chi connectivity index (χ2n) is 5.90. The van der Waals surface area contributed by atoms with Gasteiger partial charge in [-0.15, -0.1) is 5.10 Å². The van der Waals surface area contributed by atoms with Gasteiger partial charge in [0.15, 0.2) is 0 Å². The molecule has 2 aromatic carbocycles. The summed E-state index contributed by atoms with van der Waals surface area (Å²) < 4.78 is 9.53. The van der Waals surface area contributed by atoms with Crippen LogP contribution in [-0.2, 0) is 6.54 Å². The molecule has 0 aliphatic rings. The van der Waals surface area contributed by atoms with E-state index < -0.39 is 0 Å². The van der Waals surface area contributed by atoms with Crippen LogP contribution < -0.4 is 10.1 Å². The summed E-state index contributed by atoms with van der Waals surface area (Å²) in [7, 11) is 0. The molecule has 0 saturated heterocycles. The normalized spacial score (nSPS) is 11.0. The fourth-order valence-corrected chi connectivity index (χ4v) is 4.89. The number of hydrogen-bond donors (Lipinski definition) is 1. The highest BCUT2D eigenvalue weighted by Crippen LogP contribution is 2.33. The van der Waals surface area contributed by atoms with Crippen LogP contribution >= 0.6 is 43.6 Å². The number of benzene rings is 2. The average Bonchev–Trinajstić information content (AvgIpc) is 3.16. The number of nitrogens with one attached hydrogen (secondary N) is 1. The van der Waals surface area contributed by atoms with Gasteiger partial charge >= 0.3 is 0 Å². The second kappa shape index (κ2) is 10.9. The Kier molecular flexibility index (Phi) is 8.32. The van der Waals surface area contributed by atoms with Crippen LogP contribution in [0.1, 0.15) is 18.9 Å². The standard InChI is InChI=1S/C19H21Br2N5OS/c1-2-27-18-14(11-15(20)12-17(18)21)13-22-9-6-10-28-19-23-24-25-26(19)16-7-4-3-5-8-16/h3-5,7-8,11-12,22H,2,6,9-10,13H2,1H3. The van der Waals surface area contributed by atoms with Crippen molar-refractivity contribution in [2.75, 3.05) is 18.9 Å². The van der Waals surface area contributed by atoms with E-state index >= 15 is 0 Å². The summed E-state index contributed by atoms with van der Waals surface area (Å²) in [6.07, 6.45) is 1.01. The van der Waals surface area contributed by atoms with Crippen molar-refractivity contribution < 1.29 is 4.74 Å². The van der Waals surface area contributed by atoms with Crippen molar-refractivity contribution in [2.24, 2.45) is 0 Å². The molecule has 0 amide bonds. The van der Waals surface area contributed by atoms with Crippen molar-refractivity contribution in [1.82, 2.24) is 25.5 Å². The summed E-state index contributed by atoms with van der Waals surface area (Å²) in [5, 5.41) is 16.3. The van der Waals surface area contributed by atoms with Gasteiger partial charge in [0.1, 0.15) is 5.75 Å². The van der Waals surface area contributed by atoms with Crippen molar-refractivity contribution in [3.05, 3.63) is 57.0 Å². The molecule has 0 fully saturated rings. The van der Waals surface area contributed by atoms with Crippen LogP contribution in [0.3, 0.4) is 0 Å². The highest BCUT2D eigenvalue weighted by Gasteiger charge is 2.10. The molecule has 0 radical (unpaired) electrons. The predicted molar refractivity (Wildman–Crippen MR) is 119 cm³/mol. The van der Waals surface area contributed by atoms with Gasteiger partial charge < -0.3 is 10.1 Å². The summed E-state index contributed by atoms with van der Waals surface area (Å²) in [4.78, 5) is 0. The van der Waals surface area contributed by atoms with Gasteiger partial charge in [-0.2, -0.15) is 4.68 Å². The zero-order chi connectivity index (χ0) is 19.8. The van der Waals surface area contributed by atoms with E-state index in [1.807, 2.05) is 43.3 Å². The molecule has 28 heavy (non-hydrogen) atoms. The number of tetrazole rings is 1. The number of aromatic nitrogens is 4. The molecule has 1 N–H and O–H groups in total. The lowest BCUT2D eigenvalue weighted by Crippen LogP contribution is -2.16. The van der Waals surface area contributed by atoms with E-state index in [2.05, 4.69) is 58.8 Å². The van der Waals surface area contributed by atoms with Gasteiger partial charge in [0.2, 0.25) is 5.16 Å². The molecule has 9 heteroatoms. The molecule has 0 aliphatic carbocycles. The smallest absolute Gasteiger partial charge is 0.214 e. The molecule has 3 rings (SSSR count). The maximum Gasteiger partial charge on any atom is 0.214 e. The largest absolute Gasteiger partial charge is 0.492 e. The van der Waals surface area contributed by atoms with E-state index in [-0.39, 0.29) is 0 Å². The van der Waals surface area contributed by atoms with Crippen LogP contribution in [0.25, 0.3) is 5.69 Å². The van der Waals surface area contributed by atoms with Gasteiger partial charge in [-0.25, -0.2) is 0 Å². The van der Waals surface area contributed by atoms with E-state index in [1.54, 1.807) is 16.4 Å². The van der Waals surface area contributed by atoms with Crippen LogP contribution in [0.4, 0.5) is 0 Å². The van der Waals surface area contributed by atoms with Crippen LogP contribution in [0.2, 0.25) is 0 Å². The topological polar surface area (TPSA) is 64.9 Å². The molecule has 148 valence electrons. The molecule has 0 saturated carbocycles. The number of thioether (sulfide) groups is 1. The monoisotopic (exact) mass is 525 g/mol. The molecule has 0 atom stereocenters. The van der Waals surface area contributed by atoms with Crippen molar-refractivity contribution in [3.8, 4) is 11.4 Å². The minimum Gasteiger partial charge on any atom is -0.492 e. The number of hydrogen-bond acceptors (Lipinski definition) is 6. The van der Waals surface area contributed by atoms with Crippen LogP contribution in [0.15, 0.2) is 56.6 Å². The third kappa shape index (κ3) is 5.79. The number of para-hydroxylation sites is 1. The Morgan fingerprint density at radius 3 is 2.79 bits per heavy atom. The zero-order valence-corrected chi connectivity index (χ0v) is 19.4. The summed E-state index contributed by atoms with van der Waals surface area (Å²) in [5.74, 6) is 1.83. The maximum atomic E-state index is 5.77. The third-order valence-corrected chi connectivity index (χ3v) is 5.91. The minimum atomic E-state index is 0.639. The van der Waals surface area contributed by atoms with Gasteiger partial charge in [-0.05, 0) is 70.5 Å². The summed E-state index contributed by atoms with van der Waals surface area (Å²) in [6.45, 7) is 4.28. The molecule has 0 aliphatic heterocycles. The van der Waals surface area contributed by atoms with E-state index in [1.165, 1.54) is 0 Å². The predicted octanol–water partition coefficient (Wildman–Crippen LogP) is 4.86.